The van der Waals surface area contributed by atoms with Crippen molar-refractivity contribution in [2.24, 2.45) is 0 Å². The van der Waals surface area contributed by atoms with Crippen molar-refractivity contribution >= 4 is 35.4 Å². The quantitative estimate of drug-likeness (QED) is 0.521. The molecule has 3 heterocycles. The molecule has 10 nitrogen and oxygen atoms in total. The van der Waals surface area contributed by atoms with E-state index < -0.39 is 18.0 Å². The summed E-state index contributed by atoms with van der Waals surface area (Å²) in [7, 11) is 1.56. The first kappa shape index (κ1) is 23.4. The molecule has 0 aromatic heterocycles. The maximum Gasteiger partial charge on any atom is 0.254 e. The molecule has 4 amide bonds. The fourth-order valence-corrected chi connectivity index (χ4v) is 5.24. The first-order chi connectivity index (χ1) is 16.0. The average molecular weight is 476 g/mol. The van der Waals surface area contributed by atoms with Crippen LogP contribution < -0.4 is 20.7 Å². The number of amides is 4. The van der Waals surface area contributed by atoms with E-state index in [4.69, 9.17) is 4.74 Å². The van der Waals surface area contributed by atoms with Gasteiger partial charge in [0.15, 0.2) is 0 Å². The van der Waals surface area contributed by atoms with Crippen molar-refractivity contribution in [3.8, 4) is 5.75 Å². The van der Waals surface area contributed by atoms with E-state index in [9.17, 15) is 19.2 Å². The third-order valence-corrected chi connectivity index (χ3v) is 7.15. The highest BCUT2D eigenvalue weighted by atomic mass is 32.2. The van der Waals surface area contributed by atoms with Crippen LogP contribution in [0.15, 0.2) is 24.3 Å². The second-order valence-corrected chi connectivity index (χ2v) is 9.32. The van der Waals surface area contributed by atoms with Crippen LogP contribution in [0.2, 0.25) is 0 Å². The van der Waals surface area contributed by atoms with E-state index >= 15 is 0 Å². The Morgan fingerprint density at radius 2 is 1.97 bits per heavy atom. The highest BCUT2D eigenvalue weighted by molar-refractivity contribution is 7.99. The molecule has 33 heavy (non-hydrogen) atoms. The lowest BCUT2D eigenvalue weighted by atomic mass is 10.0. The Balaban J connectivity index is 1.51. The summed E-state index contributed by atoms with van der Waals surface area (Å²) in [6, 6.07) is 4.93. The number of thioether (sulfide) groups is 1. The number of hydrogen-bond acceptors (Lipinski definition) is 7. The fraction of sp³-hybridized carbons (Fsp3) is 0.545. The lowest BCUT2D eigenvalue weighted by Gasteiger charge is -2.42. The molecular formula is C22H29N5O5S. The van der Waals surface area contributed by atoms with Gasteiger partial charge in [0, 0.05) is 36.8 Å². The minimum absolute atomic E-state index is 0.0661. The van der Waals surface area contributed by atoms with Gasteiger partial charge in [-0.2, -0.15) is 0 Å². The van der Waals surface area contributed by atoms with Gasteiger partial charge in [0.05, 0.1) is 19.7 Å². The molecule has 3 aliphatic heterocycles. The van der Waals surface area contributed by atoms with Crippen LogP contribution in [0.25, 0.3) is 0 Å². The van der Waals surface area contributed by atoms with Gasteiger partial charge in [0.2, 0.25) is 17.7 Å². The fourth-order valence-electron chi connectivity index (χ4n) is 4.30. The monoisotopic (exact) mass is 475 g/mol. The van der Waals surface area contributed by atoms with E-state index in [-0.39, 0.29) is 36.9 Å². The number of carbonyl (C=O) groups excluding carboxylic acids is 4. The van der Waals surface area contributed by atoms with Crippen LogP contribution in [0.5, 0.6) is 5.75 Å². The molecule has 11 heteroatoms. The zero-order chi connectivity index (χ0) is 23.4. The Hall–Kier alpha value is -2.79. The summed E-state index contributed by atoms with van der Waals surface area (Å²) in [6.07, 6.45) is 1.32. The Bertz CT molecular complexity index is 905. The number of rotatable bonds is 5. The largest absolute Gasteiger partial charge is 0.497 e. The SMILES string of the molecule is COc1ccc(C(=O)N2CCN(C(=O)[C@@H]3CSCN3)[C@@H](C(=O)N[C@H]3CCCNC3=O)C2)cc1. The van der Waals surface area contributed by atoms with Crippen LogP contribution in [0.4, 0.5) is 0 Å². The molecule has 0 unspecified atom stereocenters. The standard InChI is InChI=1S/C22H29N5O5S/c1-32-15-6-4-14(5-7-15)21(30)26-9-10-27(22(31)17-12-33-13-24-17)18(11-26)20(29)25-16-3-2-8-23-19(16)28/h4-7,16-18,24H,2-3,8-13H2,1H3,(H,23,28)(H,25,29)/t16-,17-,18+/m0/s1. The Labute approximate surface area is 196 Å². The molecule has 4 rings (SSSR count). The van der Waals surface area contributed by atoms with Crippen LogP contribution in [0, 0.1) is 0 Å². The molecule has 3 saturated heterocycles. The van der Waals surface area contributed by atoms with E-state index in [0.29, 0.717) is 42.5 Å². The predicted molar refractivity (Wildman–Crippen MR) is 123 cm³/mol. The van der Waals surface area contributed by atoms with Crippen LogP contribution in [-0.2, 0) is 14.4 Å². The number of methoxy groups -OCH3 is 1. The molecule has 0 radical (unpaired) electrons. The van der Waals surface area contributed by atoms with Crippen molar-refractivity contribution in [1.82, 2.24) is 25.8 Å². The van der Waals surface area contributed by atoms with Crippen molar-refractivity contribution in [3.05, 3.63) is 29.8 Å². The molecule has 178 valence electrons. The molecule has 1 aromatic carbocycles. The topological polar surface area (TPSA) is 120 Å². The van der Waals surface area contributed by atoms with E-state index in [0.717, 1.165) is 6.42 Å². The van der Waals surface area contributed by atoms with Crippen molar-refractivity contribution in [2.45, 2.75) is 31.0 Å². The van der Waals surface area contributed by atoms with E-state index in [1.54, 1.807) is 52.9 Å². The van der Waals surface area contributed by atoms with Crippen LogP contribution in [-0.4, -0.2) is 96.5 Å². The number of ether oxygens (including phenoxy) is 1. The average Bonchev–Trinajstić information content (AvgIpc) is 3.39. The zero-order valence-electron chi connectivity index (χ0n) is 18.5. The number of carbonyl (C=O) groups is 4. The van der Waals surface area contributed by atoms with Gasteiger partial charge in [-0.05, 0) is 37.1 Å². The highest BCUT2D eigenvalue weighted by Gasteiger charge is 2.41. The normalized spacial score (nSPS) is 25.4. The van der Waals surface area contributed by atoms with Crippen molar-refractivity contribution in [2.75, 3.05) is 44.9 Å². The highest BCUT2D eigenvalue weighted by Crippen LogP contribution is 2.20. The molecule has 3 atom stereocenters. The Kier molecular flexibility index (Phi) is 7.39. The van der Waals surface area contributed by atoms with Gasteiger partial charge in [0.25, 0.3) is 5.91 Å². The molecule has 0 bridgehead atoms. The summed E-state index contributed by atoms with van der Waals surface area (Å²) in [5, 5.41) is 8.71. The van der Waals surface area contributed by atoms with Gasteiger partial charge in [0.1, 0.15) is 17.8 Å². The second-order valence-electron chi connectivity index (χ2n) is 8.29. The number of piperazine rings is 1. The number of benzene rings is 1. The van der Waals surface area contributed by atoms with Gasteiger partial charge in [-0.3, -0.25) is 24.5 Å². The van der Waals surface area contributed by atoms with Gasteiger partial charge in [-0.15, -0.1) is 11.8 Å². The van der Waals surface area contributed by atoms with E-state index in [1.807, 2.05) is 0 Å². The first-order valence-corrected chi connectivity index (χ1v) is 12.3. The summed E-state index contributed by atoms with van der Waals surface area (Å²) in [4.78, 5) is 54.8. The third-order valence-electron chi connectivity index (χ3n) is 6.21. The van der Waals surface area contributed by atoms with Crippen LogP contribution in [0.3, 0.4) is 0 Å². The molecule has 0 spiro atoms. The smallest absolute Gasteiger partial charge is 0.254 e. The van der Waals surface area contributed by atoms with Crippen molar-refractivity contribution in [1.29, 1.82) is 0 Å². The second kappa shape index (κ2) is 10.4. The molecule has 0 aliphatic carbocycles. The van der Waals surface area contributed by atoms with Crippen LogP contribution >= 0.6 is 11.8 Å². The molecular weight excluding hydrogens is 446 g/mol. The molecule has 1 aromatic rings. The maximum absolute atomic E-state index is 13.3. The van der Waals surface area contributed by atoms with Gasteiger partial charge in [-0.1, -0.05) is 0 Å². The minimum Gasteiger partial charge on any atom is -0.497 e. The number of piperidine rings is 1. The molecule has 3 fully saturated rings. The maximum atomic E-state index is 13.3. The minimum atomic E-state index is -0.865. The van der Waals surface area contributed by atoms with Gasteiger partial charge in [-0.25, -0.2) is 0 Å². The van der Waals surface area contributed by atoms with Crippen molar-refractivity contribution < 1.29 is 23.9 Å². The molecule has 3 aliphatic rings. The summed E-state index contributed by atoms with van der Waals surface area (Å²) < 4.78 is 5.15. The zero-order valence-corrected chi connectivity index (χ0v) is 19.4. The summed E-state index contributed by atoms with van der Waals surface area (Å²) in [5.74, 6) is 0.977. The number of nitrogens with zero attached hydrogens (tertiary/aromatic N) is 2. The Morgan fingerprint density at radius 1 is 1.18 bits per heavy atom. The number of nitrogens with one attached hydrogen (secondary N) is 3. The first-order valence-electron chi connectivity index (χ1n) is 11.1. The van der Waals surface area contributed by atoms with Gasteiger partial charge >= 0.3 is 0 Å². The predicted octanol–water partition coefficient (Wildman–Crippen LogP) is -0.594. The van der Waals surface area contributed by atoms with Gasteiger partial charge < -0.3 is 25.2 Å². The summed E-state index contributed by atoms with van der Waals surface area (Å²) in [6.45, 7) is 1.23. The van der Waals surface area contributed by atoms with E-state index in [2.05, 4.69) is 16.0 Å². The Morgan fingerprint density at radius 3 is 2.64 bits per heavy atom. The van der Waals surface area contributed by atoms with Crippen molar-refractivity contribution in [3.63, 3.8) is 0 Å². The van der Waals surface area contributed by atoms with Crippen LogP contribution in [0.1, 0.15) is 23.2 Å². The lowest BCUT2D eigenvalue weighted by Crippen LogP contribution is -2.65. The number of hydrogen-bond donors (Lipinski definition) is 3. The summed E-state index contributed by atoms with van der Waals surface area (Å²) >= 11 is 1.63. The molecule has 0 saturated carbocycles. The van der Waals surface area contributed by atoms with E-state index in [1.165, 1.54) is 0 Å². The molecule has 3 N–H and O–H groups in total. The third kappa shape index (κ3) is 5.25. The lowest BCUT2D eigenvalue weighted by molar-refractivity contribution is -0.145. The summed E-state index contributed by atoms with van der Waals surface area (Å²) in [5.41, 5.74) is 0.482.